The molecule has 3 fully saturated rings. The Morgan fingerprint density at radius 3 is 2.64 bits per heavy atom. The average molecular weight is 415 g/mol. The molecule has 2 amide bonds. The van der Waals surface area contributed by atoms with E-state index in [-0.39, 0.29) is 29.6 Å². The van der Waals surface area contributed by atoms with Gasteiger partial charge < -0.3 is 24.8 Å². The maximum absolute atomic E-state index is 12.3. The fraction of sp³-hybridized carbons (Fsp3) is 0.842. The number of ether oxygens (including phenoxy) is 2. The Kier molecular flexibility index (Phi) is 7.22. The van der Waals surface area contributed by atoms with Gasteiger partial charge in [0.05, 0.1) is 12.1 Å². The van der Waals surface area contributed by atoms with Crippen LogP contribution in [0.5, 0.6) is 0 Å². The highest BCUT2D eigenvalue weighted by molar-refractivity contribution is 8.14. The predicted octanol–water partition coefficient (Wildman–Crippen LogP) is 1.79. The highest BCUT2D eigenvalue weighted by Crippen LogP contribution is 2.36. The number of thioether (sulfide) groups is 1. The zero-order chi connectivity index (χ0) is 20.1. The molecule has 2 N–H and O–H groups in total. The largest absolute Gasteiger partial charge is 0.462 e. The quantitative estimate of drug-likeness (QED) is 0.630. The second-order valence-corrected chi connectivity index (χ2v) is 8.88. The number of amides is 2. The molecule has 3 heterocycles. The van der Waals surface area contributed by atoms with Gasteiger partial charge in [-0.3, -0.25) is 14.4 Å². The molecule has 0 aromatic carbocycles. The summed E-state index contributed by atoms with van der Waals surface area (Å²) in [5, 5.41) is 13.7. The van der Waals surface area contributed by atoms with Crippen LogP contribution in [0.25, 0.3) is 0 Å². The summed E-state index contributed by atoms with van der Waals surface area (Å²) in [6, 6.07) is -0.513. The summed E-state index contributed by atoms with van der Waals surface area (Å²) in [7, 11) is 0. The van der Waals surface area contributed by atoms with Gasteiger partial charge in [0, 0.05) is 45.0 Å². The van der Waals surface area contributed by atoms with Gasteiger partial charge in [0.1, 0.15) is 6.10 Å². The molecule has 9 heteroatoms. The molecule has 0 spiro atoms. The van der Waals surface area contributed by atoms with Crippen LogP contribution in [0, 0.1) is 0 Å². The van der Waals surface area contributed by atoms with Crippen molar-refractivity contribution >= 4 is 28.9 Å². The van der Waals surface area contributed by atoms with Crippen LogP contribution in [0.3, 0.4) is 0 Å². The van der Waals surface area contributed by atoms with Crippen molar-refractivity contribution in [2.45, 2.75) is 82.3 Å². The summed E-state index contributed by atoms with van der Waals surface area (Å²) in [5.41, 5.74) is 0. The van der Waals surface area contributed by atoms with E-state index in [9.17, 15) is 19.5 Å². The van der Waals surface area contributed by atoms with E-state index >= 15 is 0 Å². The lowest BCUT2D eigenvalue weighted by molar-refractivity contribution is -0.284. The zero-order valence-corrected chi connectivity index (χ0v) is 17.2. The van der Waals surface area contributed by atoms with Crippen LogP contribution in [0.1, 0.15) is 58.3 Å². The molecule has 0 radical (unpaired) electrons. The molecule has 8 nitrogen and oxygen atoms in total. The zero-order valence-electron chi connectivity index (χ0n) is 16.4. The minimum atomic E-state index is -1.53. The van der Waals surface area contributed by atoms with E-state index in [1.165, 1.54) is 0 Å². The van der Waals surface area contributed by atoms with E-state index in [1.807, 2.05) is 4.90 Å². The topological polar surface area (TPSA) is 105 Å². The van der Waals surface area contributed by atoms with E-state index in [2.05, 4.69) is 5.32 Å². The van der Waals surface area contributed by atoms with Crippen molar-refractivity contribution in [1.29, 1.82) is 0 Å². The number of carbonyl (C=O) groups is 3. The molecule has 0 aliphatic carbocycles. The molecule has 3 aliphatic rings. The number of hydrogen-bond donors (Lipinski definition) is 2. The van der Waals surface area contributed by atoms with Crippen LogP contribution in [-0.2, 0) is 19.1 Å². The van der Waals surface area contributed by atoms with Crippen LogP contribution in [-0.4, -0.2) is 70.0 Å². The van der Waals surface area contributed by atoms with Crippen LogP contribution < -0.4 is 5.32 Å². The summed E-state index contributed by atoms with van der Waals surface area (Å²) in [6.45, 7) is 2.92. The van der Waals surface area contributed by atoms with Gasteiger partial charge in [0.25, 0.3) is 5.24 Å². The first-order valence-electron chi connectivity index (χ1n) is 10.1. The molecule has 3 aliphatic heterocycles. The summed E-state index contributed by atoms with van der Waals surface area (Å²) in [6.07, 6.45) is 4.16. The highest BCUT2D eigenvalue weighted by Gasteiger charge is 2.49. The summed E-state index contributed by atoms with van der Waals surface area (Å²) in [5.74, 6) is -1.34. The molecule has 0 unspecified atom stereocenters. The van der Waals surface area contributed by atoms with E-state index in [0.717, 1.165) is 31.0 Å². The maximum Gasteiger partial charge on any atom is 0.306 e. The lowest BCUT2D eigenvalue weighted by atomic mass is 9.91. The molecule has 0 saturated carbocycles. The maximum atomic E-state index is 12.3. The lowest BCUT2D eigenvalue weighted by Gasteiger charge is -2.43. The molecule has 0 aromatic heterocycles. The second-order valence-electron chi connectivity index (χ2n) is 7.89. The van der Waals surface area contributed by atoms with Crippen molar-refractivity contribution in [3.05, 3.63) is 0 Å². The average Bonchev–Trinajstić information content (AvgIpc) is 3.06. The normalized spacial score (nSPS) is 35.6. The number of aliphatic hydroxyl groups is 1. The molecular formula is C19H30N2O6S. The molecule has 158 valence electrons. The minimum Gasteiger partial charge on any atom is -0.462 e. The monoisotopic (exact) mass is 414 g/mol. The number of nitrogens with one attached hydrogen (secondary N) is 1. The third kappa shape index (κ3) is 5.61. The first kappa shape index (κ1) is 21.4. The number of rotatable bonds is 1. The first-order valence-corrected chi connectivity index (χ1v) is 11.1. The van der Waals surface area contributed by atoms with Gasteiger partial charge in [-0.25, -0.2) is 0 Å². The Bertz CT molecular complexity index is 603. The fourth-order valence-electron chi connectivity index (χ4n) is 4.12. The number of hydrogen-bond acceptors (Lipinski definition) is 7. The summed E-state index contributed by atoms with van der Waals surface area (Å²) in [4.78, 5) is 37.4. The van der Waals surface area contributed by atoms with Crippen molar-refractivity contribution in [2.75, 3.05) is 18.8 Å². The highest BCUT2D eigenvalue weighted by atomic mass is 32.2. The summed E-state index contributed by atoms with van der Waals surface area (Å²) >= 11 is 1.12. The number of esters is 1. The molecule has 0 aromatic rings. The summed E-state index contributed by atoms with van der Waals surface area (Å²) < 4.78 is 11.6. The van der Waals surface area contributed by atoms with Crippen molar-refractivity contribution in [1.82, 2.24) is 10.2 Å². The minimum absolute atomic E-state index is 0.0486. The molecule has 3 rings (SSSR count). The molecule has 3 saturated heterocycles. The van der Waals surface area contributed by atoms with Crippen LogP contribution in [0.2, 0.25) is 0 Å². The van der Waals surface area contributed by atoms with E-state index < -0.39 is 17.9 Å². The molecular weight excluding hydrogens is 384 g/mol. The third-order valence-corrected chi connectivity index (χ3v) is 6.52. The Hall–Kier alpha value is -1.32. The molecule has 4 atom stereocenters. The number of carbonyl (C=O) groups excluding carboxylic acids is 3. The predicted molar refractivity (Wildman–Crippen MR) is 104 cm³/mol. The Labute approximate surface area is 169 Å². The van der Waals surface area contributed by atoms with E-state index in [4.69, 9.17) is 9.47 Å². The van der Waals surface area contributed by atoms with Crippen LogP contribution >= 0.6 is 11.8 Å². The SMILES string of the molecule is CC(=O)N1CCCCC(=O)O[C@@H]2C[C@@H](CCCC1)O[C@@](O)([C@@H]1CSC(=O)N1)C2. The van der Waals surface area contributed by atoms with Crippen molar-refractivity contribution in [2.24, 2.45) is 0 Å². The van der Waals surface area contributed by atoms with Gasteiger partial charge >= 0.3 is 5.97 Å². The van der Waals surface area contributed by atoms with Gasteiger partial charge in [-0.15, -0.1) is 0 Å². The standard InChI is InChI=1S/C19H30N2O6S/c1-13(22)21-8-4-2-6-14-10-15(26-17(23)7-3-5-9-21)11-19(25,27-14)16-12-28-18(24)20-16/h14-16,25H,2-12H2,1H3,(H,20,24)/t14-,15-,16+,19-/m1/s1. The smallest absolute Gasteiger partial charge is 0.306 e. The van der Waals surface area contributed by atoms with E-state index in [1.54, 1.807) is 6.92 Å². The molecule has 2 bridgehead atoms. The Morgan fingerprint density at radius 2 is 1.96 bits per heavy atom. The van der Waals surface area contributed by atoms with E-state index in [0.29, 0.717) is 44.5 Å². The van der Waals surface area contributed by atoms with Crippen LogP contribution in [0.15, 0.2) is 0 Å². The van der Waals surface area contributed by atoms with Gasteiger partial charge in [-0.05, 0) is 32.1 Å². The Morgan fingerprint density at radius 1 is 1.21 bits per heavy atom. The van der Waals surface area contributed by atoms with Crippen molar-refractivity contribution in [3.8, 4) is 0 Å². The Balaban J connectivity index is 1.68. The van der Waals surface area contributed by atoms with Gasteiger partial charge in [-0.1, -0.05) is 11.8 Å². The number of fused-ring (bicyclic) bond motifs is 2. The van der Waals surface area contributed by atoms with Crippen molar-refractivity contribution < 1.29 is 29.0 Å². The second kappa shape index (κ2) is 9.45. The lowest BCUT2D eigenvalue weighted by Crippen LogP contribution is -2.58. The van der Waals surface area contributed by atoms with Gasteiger partial charge in [0.15, 0.2) is 5.79 Å². The van der Waals surface area contributed by atoms with Crippen LogP contribution in [0.4, 0.5) is 4.79 Å². The fourth-order valence-corrected chi connectivity index (χ4v) is 5.01. The molecule has 28 heavy (non-hydrogen) atoms. The third-order valence-electron chi connectivity index (χ3n) is 5.64. The van der Waals surface area contributed by atoms with Gasteiger partial charge in [-0.2, -0.15) is 0 Å². The first-order chi connectivity index (χ1) is 13.4. The van der Waals surface area contributed by atoms with Gasteiger partial charge in [0.2, 0.25) is 5.91 Å². The number of nitrogens with zero attached hydrogens (tertiary/aromatic N) is 1. The van der Waals surface area contributed by atoms with Crippen molar-refractivity contribution in [3.63, 3.8) is 0 Å².